The van der Waals surface area contributed by atoms with E-state index in [9.17, 15) is 14.4 Å². The molecule has 4 aromatic carbocycles. The summed E-state index contributed by atoms with van der Waals surface area (Å²) in [5, 5.41) is 5.38. The van der Waals surface area contributed by atoms with E-state index in [-0.39, 0.29) is 45.1 Å². The van der Waals surface area contributed by atoms with Gasteiger partial charge in [-0.2, -0.15) is 9.78 Å². The van der Waals surface area contributed by atoms with E-state index in [4.69, 9.17) is 23.7 Å². The van der Waals surface area contributed by atoms with Crippen molar-refractivity contribution in [3.63, 3.8) is 0 Å². The fraction of sp³-hybridized carbons (Fsp3) is 0.222. The number of benzene rings is 4. The van der Waals surface area contributed by atoms with Crippen LogP contribution in [0.2, 0.25) is 0 Å². The van der Waals surface area contributed by atoms with Gasteiger partial charge >= 0.3 is 0 Å². The Hall–Kier alpha value is -5.64. The first kappa shape index (κ1) is 29.1. The number of fused-ring (bicyclic) bond motifs is 6. The van der Waals surface area contributed by atoms with Crippen LogP contribution in [0.4, 0.5) is 0 Å². The van der Waals surface area contributed by atoms with Gasteiger partial charge in [-0.05, 0) is 49.6 Å². The Bertz CT molecular complexity index is 2200. The summed E-state index contributed by atoms with van der Waals surface area (Å²) in [4.78, 5) is 42.9. The molecule has 2 aliphatic carbocycles. The lowest BCUT2D eigenvalue weighted by atomic mass is 9.75. The summed E-state index contributed by atoms with van der Waals surface area (Å²) >= 11 is 0. The van der Waals surface area contributed by atoms with Crippen LogP contribution >= 0.6 is 0 Å². The molecule has 46 heavy (non-hydrogen) atoms. The Morgan fingerprint density at radius 3 is 2.00 bits per heavy atom. The lowest BCUT2D eigenvalue weighted by Gasteiger charge is -2.31. The van der Waals surface area contributed by atoms with Crippen molar-refractivity contribution in [3.05, 3.63) is 98.0 Å². The minimum atomic E-state index is -0.443. The molecule has 0 N–H and O–H groups in total. The lowest BCUT2D eigenvalue weighted by molar-refractivity contribution is 0.0970. The van der Waals surface area contributed by atoms with Crippen LogP contribution in [0.5, 0.6) is 28.7 Å². The van der Waals surface area contributed by atoms with E-state index < -0.39 is 11.6 Å². The van der Waals surface area contributed by atoms with Gasteiger partial charge in [0.1, 0.15) is 28.7 Å². The zero-order valence-electron chi connectivity index (χ0n) is 26.2. The van der Waals surface area contributed by atoms with E-state index in [1.165, 1.54) is 40.2 Å². The number of ketones is 2. The molecule has 0 saturated carbocycles. The Morgan fingerprint density at radius 1 is 0.674 bits per heavy atom. The molecule has 0 unspecified atom stereocenters. The first-order valence-corrected chi connectivity index (χ1v) is 14.6. The van der Waals surface area contributed by atoms with Gasteiger partial charge in [0.2, 0.25) is 5.78 Å². The van der Waals surface area contributed by atoms with Crippen molar-refractivity contribution in [1.82, 2.24) is 9.78 Å². The standard InChI is InChI=1S/C36H30N2O8/c1-17-23(42-2)15-22-27(32(17)43-3)31(40)29-28(30(22)39)35(46-6)26-21(33(29)44-4)13-12-18-14-19-16-37-38(20-10-8-7-9-11-20)36(41)25(19)34(45-5)24(18)26/h7-11,14-16H,12-13H2,1-6H3. The molecule has 0 spiro atoms. The van der Waals surface area contributed by atoms with Gasteiger partial charge in [-0.1, -0.05) is 18.2 Å². The van der Waals surface area contributed by atoms with Crippen molar-refractivity contribution in [3.8, 4) is 45.6 Å². The molecule has 0 atom stereocenters. The molecule has 1 aromatic heterocycles. The Labute approximate surface area is 264 Å². The van der Waals surface area contributed by atoms with Crippen LogP contribution < -0.4 is 29.2 Å². The number of rotatable bonds is 6. The van der Waals surface area contributed by atoms with E-state index in [0.29, 0.717) is 63.1 Å². The van der Waals surface area contributed by atoms with Crippen LogP contribution in [-0.4, -0.2) is 56.9 Å². The Balaban J connectivity index is 1.59. The normalized spacial score (nSPS) is 13.0. The van der Waals surface area contributed by atoms with Gasteiger partial charge in [-0.25, -0.2) is 0 Å². The average molecular weight is 619 g/mol. The molecule has 0 fully saturated rings. The number of aromatic nitrogens is 2. The number of methoxy groups -OCH3 is 5. The highest BCUT2D eigenvalue weighted by Crippen LogP contribution is 2.55. The summed E-state index contributed by atoms with van der Waals surface area (Å²) in [5.74, 6) is 0.600. The van der Waals surface area contributed by atoms with Gasteiger partial charge < -0.3 is 23.7 Å². The summed E-state index contributed by atoms with van der Waals surface area (Å²) in [6, 6.07) is 12.6. The second-order valence-electron chi connectivity index (χ2n) is 11.1. The number of para-hydroxylation sites is 1. The quantitative estimate of drug-likeness (QED) is 0.246. The first-order chi connectivity index (χ1) is 22.3. The van der Waals surface area contributed by atoms with Crippen molar-refractivity contribution < 1.29 is 33.3 Å². The molecule has 5 aromatic rings. The Morgan fingerprint density at radius 2 is 1.35 bits per heavy atom. The van der Waals surface area contributed by atoms with Gasteiger partial charge in [0.25, 0.3) is 5.56 Å². The topological polar surface area (TPSA) is 115 Å². The number of hydrogen-bond donors (Lipinski definition) is 0. The van der Waals surface area contributed by atoms with Crippen LogP contribution in [0, 0.1) is 6.92 Å². The molecule has 0 bridgehead atoms. The summed E-state index contributed by atoms with van der Waals surface area (Å²) in [7, 11) is 7.38. The highest BCUT2D eigenvalue weighted by Gasteiger charge is 2.43. The summed E-state index contributed by atoms with van der Waals surface area (Å²) in [6.45, 7) is 1.77. The third-order valence-corrected chi connectivity index (χ3v) is 8.96. The zero-order chi connectivity index (χ0) is 32.4. The van der Waals surface area contributed by atoms with Crippen molar-refractivity contribution in [2.75, 3.05) is 35.5 Å². The van der Waals surface area contributed by atoms with Gasteiger partial charge in [0, 0.05) is 33.2 Å². The summed E-state index contributed by atoms with van der Waals surface area (Å²) in [6.07, 6.45) is 2.67. The summed E-state index contributed by atoms with van der Waals surface area (Å²) in [5.41, 5.74) is 3.98. The number of hydrogen-bond acceptors (Lipinski definition) is 9. The maximum absolute atomic E-state index is 14.5. The van der Waals surface area contributed by atoms with E-state index in [1.54, 1.807) is 31.3 Å². The largest absolute Gasteiger partial charge is 0.496 e. The van der Waals surface area contributed by atoms with Crippen LogP contribution in [0.15, 0.2) is 53.5 Å². The van der Waals surface area contributed by atoms with E-state index in [1.807, 2.05) is 24.3 Å². The smallest absolute Gasteiger partial charge is 0.283 e. The molecule has 0 saturated heterocycles. The summed E-state index contributed by atoms with van der Waals surface area (Å²) < 4.78 is 30.5. The Kier molecular flexibility index (Phi) is 6.81. The van der Waals surface area contributed by atoms with Crippen LogP contribution in [0.25, 0.3) is 27.6 Å². The van der Waals surface area contributed by atoms with Crippen LogP contribution in [-0.2, 0) is 12.8 Å². The second-order valence-corrected chi connectivity index (χ2v) is 11.1. The third-order valence-electron chi connectivity index (χ3n) is 8.96. The number of aryl methyl sites for hydroxylation is 1. The minimum absolute atomic E-state index is 0.0648. The van der Waals surface area contributed by atoms with Crippen LogP contribution in [0.3, 0.4) is 0 Å². The van der Waals surface area contributed by atoms with Crippen LogP contribution in [0.1, 0.15) is 48.5 Å². The third kappa shape index (κ3) is 3.82. The highest BCUT2D eigenvalue weighted by molar-refractivity contribution is 6.32. The fourth-order valence-electron chi connectivity index (χ4n) is 7.01. The van der Waals surface area contributed by atoms with Gasteiger partial charge in [-0.3, -0.25) is 14.4 Å². The predicted molar refractivity (Wildman–Crippen MR) is 171 cm³/mol. The molecule has 2 aliphatic rings. The molecular weight excluding hydrogens is 588 g/mol. The molecule has 1 heterocycles. The molecule has 10 nitrogen and oxygen atoms in total. The highest BCUT2D eigenvalue weighted by atomic mass is 16.5. The van der Waals surface area contributed by atoms with E-state index >= 15 is 0 Å². The van der Waals surface area contributed by atoms with E-state index in [2.05, 4.69) is 5.10 Å². The van der Waals surface area contributed by atoms with Crippen molar-refractivity contribution in [2.45, 2.75) is 19.8 Å². The maximum atomic E-state index is 14.5. The monoisotopic (exact) mass is 618 g/mol. The maximum Gasteiger partial charge on any atom is 0.283 e. The fourth-order valence-corrected chi connectivity index (χ4v) is 7.01. The van der Waals surface area contributed by atoms with Gasteiger partial charge in [0.15, 0.2) is 5.78 Å². The number of nitrogens with zero attached hydrogens (tertiary/aromatic N) is 2. The van der Waals surface area contributed by atoms with Crippen molar-refractivity contribution >= 4 is 22.3 Å². The molecule has 7 rings (SSSR count). The number of ether oxygens (including phenoxy) is 5. The van der Waals surface area contributed by atoms with Gasteiger partial charge in [-0.15, -0.1) is 0 Å². The SMILES string of the molecule is COc1cc2c(c(OC)c1C)C(=O)c1c(OC)c3c(c(OC)c1C2=O)-c1c(cc2cnn(-c4ccccc4)c(=O)c2c1OC)CC3. The predicted octanol–water partition coefficient (Wildman–Crippen LogP) is 5.28. The number of carbonyl (C=O) groups is 2. The minimum Gasteiger partial charge on any atom is -0.496 e. The molecule has 0 aliphatic heterocycles. The second kappa shape index (κ2) is 10.8. The molecule has 10 heteroatoms. The van der Waals surface area contributed by atoms with Crippen molar-refractivity contribution in [1.29, 1.82) is 0 Å². The molecule has 0 radical (unpaired) electrons. The zero-order valence-corrected chi connectivity index (χ0v) is 26.2. The molecule has 0 amide bonds. The van der Waals surface area contributed by atoms with E-state index in [0.717, 1.165) is 5.56 Å². The number of carbonyl (C=O) groups excluding carboxylic acids is 2. The average Bonchev–Trinajstić information content (AvgIpc) is 3.08. The molecular formula is C36H30N2O8. The molecule has 232 valence electrons. The van der Waals surface area contributed by atoms with Crippen molar-refractivity contribution in [2.24, 2.45) is 0 Å². The first-order valence-electron chi connectivity index (χ1n) is 14.6. The lowest BCUT2D eigenvalue weighted by Crippen LogP contribution is -2.26. The van der Waals surface area contributed by atoms with Gasteiger partial charge in [0.05, 0.1) is 69.5 Å².